The summed E-state index contributed by atoms with van der Waals surface area (Å²) in [4.78, 5) is -0.0669. The number of primary sulfonamides is 1. The zero-order valence-corrected chi connectivity index (χ0v) is 7.80. The molecule has 0 aliphatic heterocycles. The Labute approximate surface area is 76.0 Å². The van der Waals surface area contributed by atoms with E-state index in [1.807, 2.05) is 0 Å². The molecule has 1 aromatic carbocycles. The zero-order valence-electron chi connectivity index (χ0n) is 6.98. The first-order valence-corrected chi connectivity index (χ1v) is 4.99. The predicted molar refractivity (Wildman–Crippen MR) is 48.6 cm³/mol. The van der Waals surface area contributed by atoms with Gasteiger partial charge in [-0.3, -0.25) is 0 Å². The molecule has 1 aromatic rings. The molecule has 0 atom stereocenters. The molecule has 5 nitrogen and oxygen atoms in total. The lowest BCUT2D eigenvalue weighted by Gasteiger charge is -2.05. The number of hydrogen-bond acceptors (Lipinski definition) is 4. The molecule has 5 N–H and O–H groups in total. The van der Waals surface area contributed by atoms with E-state index in [-0.39, 0.29) is 16.3 Å². The largest absolute Gasteiger partial charge is 0.506 e. The van der Waals surface area contributed by atoms with Gasteiger partial charge < -0.3 is 10.8 Å². The minimum atomic E-state index is -3.76. The monoisotopic (exact) mass is 202 g/mol. The molecule has 1 rings (SSSR count). The van der Waals surface area contributed by atoms with Crippen LogP contribution in [0.2, 0.25) is 0 Å². The molecule has 0 aromatic heterocycles. The van der Waals surface area contributed by atoms with Gasteiger partial charge in [-0.15, -0.1) is 0 Å². The van der Waals surface area contributed by atoms with Crippen LogP contribution in [0.25, 0.3) is 0 Å². The van der Waals surface area contributed by atoms with Crippen molar-refractivity contribution in [2.75, 3.05) is 5.73 Å². The van der Waals surface area contributed by atoms with Crippen LogP contribution in [0.3, 0.4) is 0 Å². The van der Waals surface area contributed by atoms with Crippen LogP contribution < -0.4 is 10.9 Å². The third kappa shape index (κ3) is 1.90. The summed E-state index contributed by atoms with van der Waals surface area (Å²) in [5.74, 6) is -0.148. The second kappa shape index (κ2) is 2.90. The van der Waals surface area contributed by atoms with Crippen LogP contribution in [-0.2, 0) is 10.0 Å². The fraction of sp³-hybridized carbons (Fsp3) is 0.143. The molecule has 0 aliphatic carbocycles. The maximum absolute atomic E-state index is 11.0. The van der Waals surface area contributed by atoms with E-state index in [4.69, 9.17) is 16.0 Å². The molecule has 0 bridgehead atoms. The lowest BCUT2D eigenvalue weighted by Crippen LogP contribution is -2.14. The number of aryl methyl sites for hydroxylation is 1. The summed E-state index contributed by atoms with van der Waals surface area (Å²) in [6.07, 6.45) is 0. The van der Waals surface area contributed by atoms with Crippen LogP contribution in [0.5, 0.6) is 5.75 Å². The van der Waals surface area contributed by atoms with E-state index >= 15 is 0 Å². The zero-order chi connectivity index (χ0) is 10.2. The van der Waals surface area contributed by atoms with Gasteiger partial charge >= 0.3 is 0 Å². The number of phenolic OH excluding ortho intramolecular Hbond substituents is 1. The van der Waals surface area contributed by atoms with Crippen LogP contribution in [0.1, 0.15) is 5.56 Å². The van der Waals surface area contributed by atoms with Crippen molar-refractivity contribution in [1.29, 1.82) is 0 Å². The van der Waals surface area contributed by atoms with Gasteiger partial charge in [0.1, 0.15) is 5.75 Å². The number of rotatable bonds is 1. The van der Waals surface area contributed by atoms with Gasteiger partial charge in [0.15, 0.2) is 0 Å². The van der Waals surface area contributed by atoms with Gasteiger partial charge in [-0.2, -0.15) is 0 Å². The van der Waals surface area contributed by atoms with Crippen molar-refractivity contribution in [2.45, 2.75) is 11.8 Å². The van der Waals surface area contributed by atoms with Gasteiger partial charge in [-0.1, -0.05) is 0 Å². The van der Waals surface area contributed by atoms with Gasteiger partial charge in [0.05, 0.1) is 10.6 Å². The van der Waals surface area contributed by atoms with Crippen LogP contribution >= 0.6 is 0 Å². The van der Waals surface area contributed by atoms with Crippen molar-refractivity contribution in [3.8, 4) is 5.75 Å². The summed E-state index contributed by atoms with van der Waals surface area (Å²) < 4.78 is 21.9. The molecule has 0 unspecified atom stereocenters. The van der Waals surface area contributed by atoms with Gasteiger partial charge in [-0.05, 0) is 24.6 Å². The molecule has 0 heterocycles. The summed E-state index contributed by atoms with van der Waals surface area (Å²) in [5.41, 5.74) is 5.68. The lowest BCUT2D eigenvalue weighted by molar-refractivity contribution is 0.477. The fourth-order valence-electron chi connectivity index (χ4n) is 0.995. The molecule has 0 aliphatic rings. The Hall–Kier alpha value is -1.27. The first kappa shape index (κ1) is 9.82. The van der Waals surface area contributed by atoms with Crippen molar-refractivity contribution in [3.63, 3.8) is 0 Å². The lowest BCUT2D eigenvalue weighted by atomic mass is 10.2. The molecule has 0 radical (unpaired) electrons. The number of benzene rings is 1. The topological polar surface area (TPSA) is 106 Å². The first-order chi connectivity index (χ1) is 5.82. The van der Waals surface area contributed by atoms with Gasteiger partial charge in [-0.25, -0.2) is 13.6 Å². The van der Waals surface area contributed by atoms with Gasteiger partial charge in [0.2, 0.25) is 10.0 Å². The van der Waals surface area contributed by atoms with E-state index in [0.717, 1.165) is 6.07 Å². The maximum atomic E-state index is 11.0. The van der Waals surface area contributed by atoms with E-state index in [2.05, 4.69) is 0 Å². The molecular formula is C7H10N2O3S. The van der Waals surface area contributed by atoms with E-state index in [9.17, 15) is 8.42 Å². The quantitative estimate of drug-likeness (QED) is 0.437. The summed E-state index contributed by atoms with van der Waals surface area (Å²) in [6, 6.07) is 2.40. The number of anilines is 1. The maximum Gasteiger partial charge on any atom is 0.238 e. The van der Waals surface area contributed by atoms with Crippen molar-refractivity contribution >= 4 is 15.7 Å². The second-order valence-corrected chi connectivity index (χ2v) is 4.25. The van der Waals surface area contributed by atoms with Crippen LogP contribution in [0.4, 0.5) is 5.69 Å². The van der Waals surface area contributed by atoms with E-state index in [1.165, 1.54) is 13.0 Å². The molecule has 0 amide bonds. The molecule has 13 heavy (non-hydrogen) atoms. The Morgan fingerprint density at radius 1 is 1.38 bits per heavy atom. The molecular weight excluding hydrogens is 192 g/mol. The Kier molecular flexibility index (Phi) is 2.19. The third-order valence-corrected chi connectivity index (χ3v) is 2.68. The van der Waals surface area contributed by atoms with E-state index in [0.29, 0.717) is 5.56 Å². The predicted octanol–water partition coefficient (Wildman–Crippen LogP) is -0.0698. The molecule has 0 spiro atoms. The standard InChI is InChI=1S/C7H10N2O3S/c1-4-2-6(10)5(8)3-7(4)13(9,11)12/h2-3,10H,8H2,1H3,(H2,9,11,12). The van der Waals surface area contributed by atoms with Gasteiger partial charge in [0.25, 0.3) is 0 Å². The number of nitrogen functional groups attached to an aromatic ring is 1. The van der Waals surface area contributed by atoms with E-state index in [1.54, 1.807) is 0 Å². The average Bonchev–Trinajstić information content (AvgIpc) is 1.94. The molecule has 72 valence electrons. The molecule has 0 fully saturated rings. The summed E-state index contributed by atoms with van der Waals surface area (Å²) in [6.45, 7) is 1.53. The summed E-state index contributed by atoms with van der Waals surface area (Å²) >= 11 is 0. The van der Waals surface area contributed by atoms with Crippen LogP contribution in [-0.4, -0.2) is 13.5 Å². The SMILES string of the molecule is Cc1cc(O)c(N)cc1S(N)(=O)=O. The Bertz CT molecular complexity index is 439. The molecule has 0 saturated carbocycles. The minimum Gasteiger partial charge on any atom is -0.506 e. The Balaban J connectivity index is 3.50. The average molecular weight is 202 g/mol. The third-order valence-electron chi connectivity index (χ3n) is 1.63. The normalized spacial score (nSPS) is 11.5. The molecule has 0 saturated heterocycles. The highest BCUT2D eigenvalue weighted by molar-refractivity contribution is 7.89. The number of hydrogen-bond donors (Lipinski definition) is 3. The second-order valence-electron chi connectivity index (χ2n) is 2.72. The van der Waals surface area contributed by atoms with Crippen molar-refractivity contribution in [3.05, 3.63) is 17.7 Å². The smallest absolute Gasteiger partial charge is 0.238 e. The van der Waals surface area contributed by atoms with Crippen molar-refractivity contribution in [1.82, 2.24) is 0 Å². The highest BCUT2D eigenvalue weighted by Crippen LogP contribution is 2.26. The number of aromatic hydroxyl groups is 1. The fourth-order valence-corrected chi connectivity index (χ4v) is 1.79. The summed E-state index contributed by atoms with van der Waals surface area (Å²) in [7, 11) is -3.76. The number of nitrogens with two attached hydrogens (primary N) is 2. The first-order valence-electron chi connectivity index (χ1n) is 3.44. The van der Waals surface area contributed by atoms with E-state index < -0.39 is 10.0 Å². The van der Waals surface area contributed by atoms with Crippen molar-refractivity contribution < 1.29 is 13.5 Å². The van der Waals surface area contributed by atoms with Crippen molar-refractivity contribution in [2.24, 2.45) is 5.14 Å². The highest BCUT2D eigenvalue weighted by Gasteiger charge is 2.13. The summed E-state index contributed by atoms with van der Waals surface area (Å²) in [5, 5.41) is 14.0. The minimum absolute atomic E-state index is 0.00498. The molecule has 6 heteroatoms. The number of sulfonamides is 1. The Morgan fingerprint density at radius 3 is 2.38 bits per heavy atom. The number of phenols is 1. The van der Waals surface area contributed by atoms with Crippen LogP contribution in [0.15, 0.2) is 17.0 Å². The van der Waals surface area contributed by atoms with Gasteiger partial charge in [0, 0.05) is 0 Å². The highest BCUT2D eigenvalue weighted by atomic mass is 32.2. The Morgan fingerprint density at radius 2 is 1.92 bits per heavy atom. The van der Waals surface area contributed by atoms with Crippen LogP contribution in [0, 0.1) is 6.92 Å².